The molecule has 2 heterocycles. The van der Waals surface area contributed by atoms with Crippen molar-refractivity contribution in [2.24, 2.45) is 4.99 Å². The van der Waals surface area contributed by atoms with Crippen molar-refractivity contribution in [2.75, 3.05) is 6.61 Å². The van der Waals surface area contributed by atoms with Crippen LogP contribution in [0.5, 0.6) is 5.75 Å². The van der Waals surface area contributed by atoms with Crippen LogP contribution in [0.1, 0.15) is 35.2 Å². The molecule has 226 valence electrons. The fraction of sp³-hybridized carbons (Fsp3) is 0.114. The lowest BCUT2D eigenvalue weighted by molar-refractivity contribution is -0.138. The largest absolute Gasteiger partial charge is 0.488 e. The zero-order valence-corrected chi connectivity index (χ0v) is 27.8. The van der Waals surface area contributed by atoms with Crippen LogP contribution >= 0.6 is 50.5 Å². The van der Waals surface area contributed by atoms with Crippen molar-refractivity contribution < 1.29 is 14.3 Å². The predicted molar refractivity (Wildman–Crippen MR) is 182 cm³/mol. The molecule has 4 aromatic carbocycles. The van der Waals surface area contributed by atoms with E-state index in [2.05, 4.69) is 15.9 Å². The quantitative estimate of drug-likeness (QED) is 0.155. The van der Waals surface area contributed by atoms with E-state index < -0.39 is 12.0 Å². The number of benzene rings is 4. The molecule has 0 saturated heterocycles. The van der Waals surface area contributed by atoms with Crippen LogP contribution in [-0.4, -0.2) is 17.1 Å². The molecule has 0 unspecified atom stereocenters. The summed E-state index contributed by atoms with van der Waals surface area (Å²) in [5.41, 5.74) is 3.77. The number of carbonyl (C=O) groups is 1. The Hall–Kier alpha value is -3.95. The summed E-state index contributed by atoms with van der Waals surface area (Å²) in [5, 5.41) is 0.952. The van der Waals surface area contributed by atoms with Crippen molar-refractivity contribution in [3.63, 3.8) is 0 Å². The van der Waals surface area contributed by atoms with E-state index in [1.165, 1.54) is 11.3 Å². The molecule has 1 atom stereocenters. The smallest absolute Gasteiger partial charge is 0.338 e. The molecule has 0 fully saturated rings. The Kier molecular flexibility index (Phi) is 9.37. The summed E-state index contributed by atoms with van der Waals surface area (Å²) in [5.74, 6) is 0.124. The highest BCUT2D eigenvalue weighted by Gasteiger charge is 2.35. The van der Waals surface area contributed by atoms with Gasteiger partial charge < -0.3 is 9.47 Å². The van der Waals surface area contributed by atoms with Crippen LogP contribution in [0.15, 0.2) is 117 Å². The number of nitrogens with zero attached hydrogens (tertiary/aromatic N) is 2. The van der Waals surface area contributed by atoms with Gasteiger partial charge in [0, 0.05) is 5.56 Å². The molecule has 5 aromatic rings. The van der Waals surface area contributed by atoms with Crippen molar-refractivity contribution in [1.29, 1.82) is 0 Å². The van der Waals surface area contributed by atoms with Crippen LogP contribution in [0.2, 0.25) is 10.0 Å². The van der Waals surface area contributed by atoms with Crippen LogP contribution < -0.4 is 19.6 Å². The minimum absolute atomic E-state index is 0.193. The maximum Gasteiger partial charge on any atom is 0.338 e. The second-order valence-electron chi connectivity index (χ2n) is 10.1. The molecule has 1 aliphatic rings. The number of thiazole rings is 1. The number of halogens is 3. The summed E-state index contributed by atoms with van der Waals surface area (Å²) in [6.45, 7) is 2.26. The van der Waals surface area contributed by atoms with Crippen LogP contribution in [-0.2, 0) is 16.1 Å². The molecule has 6 rings (SSSR count). The Morgan fingerprint density at radius 1 is 0.978 bits per heavy atom. The number of hydrogen-bond donors (Lipinski definition) is 0. The Morgan fingerprint density at radius 3 is 2.40 bits per heavy atom. The molecule has 0 radical (unpaired) electrons. The van der Waals surface area contributed by atoms with Crippen LogP contribution in [0.3, 0.4) is 0 Å². The maximum atomic E-state index is 14.1. The Morgan fingerprint density at radius 2 is 1.71 bits per heavy atom. The molecule has 0 bridgehead atoms. The van der Waals surface area contributed by atoms with E-state index >= 15 is 0 Å². The Balaban J connectivity index is 1.43. The summed E-state index contributed by atoms with van der Waals surface area (Å²) in [7, 11) is 0. The molecule has 0 spiro atoms. The molecule has 1 aromatic heterocycles. The van der Waals surface area contributed by atoms with Gasteiger partial charge in [-0.15, -0.1) is 0 Å². The number of aromatic nitrogens is 1. The van der Waals surface area contributed by atoms with Crippen molar-refractivity contribution in [3.05, 3.63) is 159 Å². The summed E-state index contributed by atoms with van der Waals surface area (Å²) >= 11 is 17.0. The van der Waals surface area contributed by atoms with Gasteiger partial charge in [0.25, 0.3) is 5.56 Å². The zero-order valence-electron chi connectivity index (χ0n) is 23.9. The SMILES string of the molecule is CCOC(=O)C1=C(c2ccccc2)N=c2s/c(=C\c3ccc(OCc4ccc(Cl)c(Cl)c4)c(Br)c3)c(=O)n2[C@H]1c1ccccc1. The van der Waals surface area contributed by atoms with E-state index in [9.17, 15) is 9.59 Å². The van der Waals surface area contributed by atoms with E-state index in [1.807, 2.05) is 91.0 Å². The monoisotopic (exact) mass is 718 g/mol. The van der Waals surface area contributed by atoms with Gasteiger partial charge in [0.15, 0.2) is 4.80 Å². The lowest BCUT2D eigenvalue weighted by Crippen LogP contribution is -2.39. The minimum Gasteiger partial charge on any atom is -0.488 e. The first kappa shape index (κ1) is 31.0. The summed E-state index contributed by atoms with van der Waals surface area (Å²) in [6, 6.07) is 29.2. The lowest BCUT2D eigenvalue weighted by Gasteiger charge is -2.25. The predicted octanol–water partition coefficient (Wildman–Crippen LogP) is 7.58. The van der Waals surface area contributed by atoms with E-state index in [0.717, 1.165) is 26.7 Å². The summed E-state index contributed by atoms with van der Waals surface area (Å²) < 4.78 is 14.3. The molecule has 1 aliphatic heterocycles. The molecular formula is C35H25BrCl2N2O4S. The first-order valence-corrected chi connectivity index (χ1v) is 16.4. The molecule has 0 amide bonds. The first-order valence-electron chi connectivity index (χ1n) is 14.0. The zero-order chi connectivity index (χ0) is 31.5. The van der Waals surface area contributed by atoms with Crippen molar-refractivity contribution >= 4 is 68.2 Å². The fourth-order valence-corrected chi connectivity index (χ4v) is 6.89. The number of fused-ring (bicyclic) bond motifs is 1. The third-order valence-electron chi connectivity index (χ3n) is 7.12. The standard InChI is InChI=1S/C35H25BrCl2N2O4S/c1-2-43-34(42)30-31(23-9-5-3-6-10-23)39-35-40(32(30)24-11-7-4-8-12-24)33(41)29(45-35)19-21-14-16-28(25(36)17-21)44-20-22-13-15-26(37)27(38)18-22/h3-19,32H,2,20H2,1H3/b29-19-/t32-/m0/s1. The number of carbonyl (C=O) groups excluding carboxylic acids is 1. The number of esters is 1. The third-order valence-corrected chi connectivity index (χ3v) is 9.46. The first-order chi connectivity index (χ1) is 21.8. The Bertz CT molecular complexity index is 2110. The summed E-state index contributed by atoms with van der Waals surface area (Å²) in [4.78, 5) is 33.0. The highest BCUT2D eigenvalue weighted by Crippen LogP contribution is 2.35. The highest BCUT2D eigenvalue weighted by molar-refractivity contribution is 9.10. The topological polar surface area (TPSA) is 69.9 Å². The van der Waals surface area contributed by atoms with Crippen molar-refractivity contribution in [3.8, 4) is 5.75 Å². The van der Waals surface area contributed by atoms with Gasteiger partial charge in [0.2, 0.25) is 0 Å². The number of hydrogen-bond acceptors (Lipinski definition) is 6. The second kappa shape index (κ2) is 13.6. The van der Waals surface area contributed by atoms with Gasteiger partial charge in [0.05, 0.1) is 43.0 Å². The van der Waals surface area contributed by atoms with Gasteiger partial charge >= 0.3 is 5.97 Å². The molecule has 0 saturated carbocycles. The second-order valence-corrected chi connectivity index (χ2v) is 12.7. The molecular weight excluding hydrogens is 695 g/mol. The fourth-order valence-electron chi connectivity index (χ4n) is 5.06. The van der Waals surface area contributed by atoms with Gasteiger partial charge in [-0.05, 0) is 69.9 Å². The number of rotatable bonds is 8. The Labute approximate surface area is 281 Å². The molecule has 0 aliphatic carbocycles. The summed E-state index contributed by atoms with van der Waals surface area (Å²) in [6.07, 6.45) is 1.82. The van der Waals surface area contributed by atoms with E-state index in [0.29, 0.717) is 43.0 Å². The molecule has 45 heavy (non-hydrogen) atoms. The van der Waals surface area contributed by atoms with Gasteiger partial charge in [-0.2, -0.15) is 0 Å². The van der Waals surface area contributed by atoms with E-state index in [-0.39, 0.29) is 12.2 Å². The van der Waals surface area contributed by atoms with E-state index in [4.69, 9.17) is 37.7 Å². The van der Waals surface area contributed by atoms with Gasteiger partial charge in [-0.1, -0.05) is 107 Å². The lowest BCUT2D eigenvalue weighted by atomic mass is 9.93. The third kappa shape index (κ3) is 6.56. The number of ether oxygens (including phenoxy) is 2. The van der Waals surface area contributed by atoms with E-state index in [1.54, 1.807) is 23.6 Å². The van der Waals surface area contributed by atoms with Crippen LogP contribution in [0, 0.1) is 0 Å². The van der Waals surface area contributed by atoms with Crippen LogP contribution in [0.4, 0.5) is 0 Å². The molecule has 6 nitrogen and oxygen atoms in total. The van der Waals surface area contributed by atoms with Crippen molar-refractivity contribution in [1.82, 2.24) is 4.57 Å². The minimum atomic E-state index is -0.720. The van der Waals surface area contributed by atoms with Gasteiger partial charge in [-0.25, -0.2) is 9.79 Å². The maximum absolute atomic E-state index is 14.1. The molecule has 0 N–H and O–H groups in total. The van der Waals surface area contributed by atoms with Gasteiger partial charge in [0.1, 0.15) is 12.4 Å². The van der Waals surface area contributed by atoms with Crippen LogP contribution in [0.25, 0.3) is 11.8 Å². The molecule has 10 heteroatoms. The normalized spacial score (nSPS) is 14.6. The highest BCUT2D eigenvalue weighted by atomic mass is 79.9. The average molecular weight is 720 g/mol. The van der Waals surface area contributed by atoms with Gasteiger partial charge in [-0.3, -0.25) is 9.36 Å². The average Bonchev–Trinajstić information content (AvgIpc) is 3.36. The van der Waals surface area contributed by atoms with Crippen molar-refractivity contribution in [2.45, 2.75) is 19.6 Å².